The molecule has 28 heavy (non-hydrogen) atoms. The molecule has 0 radical (unpaired) electrons. The lowest BCUT2D eigenvalue weighted by atomic mass is 10.0. The summed E-state index contributed by atoms with van der Waals surface area (Å²) in [5.74, 6) is 0.143. The summed E-state index contributed by atoms with van der Waals surface area (Å²) in [5, 5.41) is 2.10. The van der Waals surface area contributed by atoms with Gasteiger partial charge < -0.3 is 4.74 Å². The van der Waals surface area contributed by atoms with E-state index in [4.69, 9.17) is 4.74 Å². The van der Waals surface area contributed by atoms with Crippen molar-refractivity contribution in [2.24, 2.45) is 5.92 Å². The number of rotatable bonds is 6. The van der Waals surface area contributed by atoms with Crippen molar-refractivity contribution >= 4 is 22.6 Å². The second-order valence-electron chi connectivity index (χ2n) is 7.02. The Morgan fingerprint density at radius 3 is 2.43 bits per heavy atom. The van der Waals surface area contributed by atoms with Crippen LogP contribution in [0.15, 0.2) is 66.7 Å². The number of benzene rings is 3. The number of hydrogen-bond acceptors (Lipinski definition) is 3. The van der Waals surface area contributed by atoms with E-state index >= 15 is 0 Å². The van der Waals surface area contributed by atoms with Crippen molar-refractivity contribution in [2.75, 3.05) is 6.61 Å². The van der Waals surface area contributed by atoms with Crippen molar-refractivity contribution in [3.63, 3.8) is 0 Å². The zero-order valence-corrected chi connectivity index (χ0v) is 16.1. The molecule has 3 aromatic rings. The van der Waals surface area contributed by atoms with Crippen molar-refractivity contribution < 1.29 is 14.3 Å². The first-order valence-electron chi connectivity index (χ1n) is 9.32. The summed E-state index contributed by atoms with van der Waals surface area (Å²) in [4.78, 5) is 24.8. The Morgan fingerprint density at radius 2 is 1.61 bits per heavy atom. The number of hydrazine groups is 1. The molecule has 5 heteroatoms. The third-order valence-corrected chi connectivity index (χ3v) is 4.25. The van der Waals surface area contributed by atoms with Gasteiger partial charge in [-0.3, -0.25) is 20.4 Å². The number of fused-ring (bicyclic) bond motifs is 1. The fourth-order valence-electron chi connectivity index (χ4n) is 2.89. The van der Waals surface area contributed by atoms with E-state index in [1.807, 2.05) is 62.4 Å². The average molecular weight is 376 g/mol. The third-order valence-electron chi connectivity index (χ3n) is 4.25. The molecular weight excluding hydrogens is 352 g/mol. The van der Waals surface area contributed by atoms with E-state index in [1.165, 1.54) is 0 Å². The molecule has 5 nitrogen and oxygen atoms in total. The van der Waals surface area contributed by atoms with Gasteiger partial charge in [0.15, 0.2) is 0 Å². The monoisotopic (exact) mass is 376 g/mol. The van der Waals surface area contributed by atoms with Crippen LogP contribution in [0.25, 0.3) is 10.8 Å². The Labute approximate surface area is 164 Å². The molecule has 3 rings (SSSR count). The lowest BCUT2D eigenvalue weighted by molar-refractivity contribution is -0.121. The second-order valence-corrected chi connectivity index (χ2v) is 7.02. The molecule has 0 unspecified atom stereocenters. The molecule has 2 amide bonds. The molecule has 0 aliphatic heterocycles. The predicted molar refractivity (Wildman–Crippen MR) is 110 cm³/mol. The summed E-state index contributed by atoms with van der Waals surface area (Å²) < 4.78 is 5.70. The van der Waals surface area contributed by atoms with E-state index in [1.54, 1.807) is 18.2 Å². The maximum Gasteiger partial charge on any atom is 0.273 e. The number of carbonyl (C=O) groups is 2. The minimum atomic E-state index is -0.411. The predicted octanol–water partition coefficient (Wildman–Crippen LogP) is 3.88. The van der Waals surface area contributed by atoms with Crippen molar-refractivity contribution in [2.45, 2.75) is 20.3 Å². The Bertz CT molecular complexity index is 977. The van der Waals surface area contributed by atoms with E-state index < -0.39 is 5.91 Å². The van der Waals surface area contributed by atoms with Crippen molar-refractivity contribution in [3.05, 3.63) is 77.9 Å². The molecule has 0 saturated heterocycles. The van der Waals surface area contributed by atoms with Gasteiger partial charge in [-0.05, 0) is 34.4 Å². The van der Waals surface area contributed by atoms with Gasteiger partial charge in [0.2, 0.25) is 5.91 Å². The Kier molecular flexibility index (Phi) is 6.27. The van der Waals surface area contributed by atoms with E-state index in [0.29, 0.717) is 23.8 Å². The van der Waals surface area contributed by atoms with Gasteiger partial charge in [0, 0.05) is 0 Å². The second kappa shape index (κ2) is 9.04. The van der Waals surface area contributed by atoms with Gasteiger partial charge in [0.25, 0.3) is 5.91 Å². The van der Waals surface area contributed by atoms with Gasteiger partial charge in [-0.2, -0.15) is 0 Å². The molecule has 0 bridgehead atoms. The number of nitrogens with one attached hydrogen (secondary N) is 2. The summed E-state index contributed by atoms with van der Waals surface area (Å²) in [5.41, 5.74) is 6.26. The highest BCUT2D eigenvalue weighted by Gasteiger charge is 2.14. The molecule has 0 fully saturated rings. The summed E-state index contributed by atoms with van der Waals surface area (Å²) in [7, 11) is 0. The van der Waals surface area contributed by atoms with Crippen LogP contribution in [0.1, 0.15) is 29.8 Å². The van der Waals surface area contributed by atoms with Crippen LogP contribution in [0, 0.1) is 5.92 Å². The number of hydrogen-bond donors (Lipinski definition) is 2. The first-order valence-corrected chi connectivity index (χ1v) is 9.32. The molecule has 0 heterocycles. The maximum absolute atomic E-state index is 12.5. The van der Waals surface area contributed by atoms with Crippen LogP contribution < -0.4 is 15.6 Å². The highest BCUT2D eigenvalue weighted by atomic mass is 16.5. The standard InChI is InChI=1S/C23H24N2O3/c1-16(2)15-28-21-13-6-5-12-20(21)23(27)25-24-22(26)14-18-10-7-9-17-8-3-4-11-19(17)18/h3-13,16H,14-15H2,1-2H3,(H,24,26)(H,25,27). The SMILES string of the molecule is CC(C)COc1ccccc1C(=O)NNC(=O)Cc1cccc2ccccc12. The summed E-state index contributed by atoms with van der Waals surface area (Å²) in [6.07, 6.45) is 0.174. The summed E-state index contributed by atoms with van der Waals surface area (Å²) in [6, 6.07) is 20.7. The molecule has 2 N–H and O–H groups in total. The van der Waals surface area contributed by atoms with Gasteiger partial charge in [0.05, 0.1) is 18.6 Å². The quantitative estimate of drug-likeness (QED) is 0.642. The Hall–Kier alpha value is -3.34. The highest BCUT2D eigenvalue weighted by Crippen LogP contribution is 2.19. The van der Waals surface area contributed by atoms with Crippen molar-refractivity contribution in [1.29, 1.82) is 0 Å². The van der Waals surface area contributed by atoms with E-state index in [9.17, 15) is 9.59 Å². The maximum atomic E-state index is 12.5. The smallest absolute Gasteiger partial charge is 0.273 e. The van der Waals surface area contributed by atoms with Crippen molar-refractivity contribution in [1.82, 2.24) is 10.9 Å². The summed E-state index contributed by atoms with van der Waals surface area (Å²) >= 11 is 0. The number of carbonyl (C=O) groups excluding carboxylic acids is 2. The number of amides is 2. The van der Waals surface area contributed by atoms with Crippen LogP contribution in [-0.2, 0) is 11.2 Å². The lowest BCUT2D eigenvalue weighted by Crippen LogP contribution is -2.42. The van der Waals surface area contributed by atoms with E-state index in [-0.39, 0.29) is 12.3 Å². The van der Waals surface area contributed by atoms with Crippen LogP contribution in [-0.4, -0.2) is 18.4 Å². The molecule has 0 aliphatic rings. The Morgan fingerprint density at radius 1 is 0.893 bits per heavy atom. The number of para-hydroxylation sites is 1. The van der Waals surface area contributed by atoms with Crippen LogP contribution in [0.5, 0.6) is 5.75 Å². The normalized spacial score (nSPS) is 10.7. The number of ether oxygens (including phenoxy) is 1. The van der Waals surface area contributed by atoms with Gasteiger partial charge >= 0.3 is 0 Å². The van der Waals surface area contributed by atoms with Crippen LogP contribution in [0.2, 0.25) is 0 Å². The molecule has 0 aliphatic carbocycles. The Balaban J connectivity index is 1.62. The van der Waals surface area contributed by atoms with E-state index in [2.05, 4.69) is 10.9 Å². The van der Waals surface area contributed by atoms with Crippen LogP contribution >= 0.6 is 0 Å². The summed E-state index contributed by atoms with van der Waals surface area (Å²) in [6.45, 7) is 4.59. The fraction of sp³-hybridized carbons (Fsp3) is 0.217. The van der Waals surface area contributed by atoms with Gasteiger partial charge in [-0.25, -0.2) is 0 Å². The van der Waals surface area contributed by atoms with E-state index in [0.717, 1.165) is 16.3 Å². The average Bonchev–Trinajstić information content (AvgIpc) is 2.71. The van der Waals surface area contributed by atoms with Crippen molar-refractivity contribution in [3.8, 4) is 5.75 Å². The molecule has 0 saturated carbocycles. The molecular formula is C23H24N2O3. The molecule has 144 valence electrons. The zero-order chi connectivity index (χ0) is 19.9. The minimum Gasteiger partial charge on any atom is -0.492 e. The van der Waals surface area contributed by atoms with Crippen LogP contribution in [0.4, 0.5) is 0 Å². The lowest BCUT2D eigenvalue weighted by Gasteiger charge is -2.13. The highest BCUT2D eigenvalue weighted by molar-refractivity contribution is 5.98. The molecule has 0 spiro atoms. The first-order chi connectivity index (χ1) is 13.5. The largest absolute Gasteiger partial charge is 0.492 e. The van der Waals surface area contributed by atoms with Gasteiger partial charge in [0.1, 0.15) is 5.75 Å². The first kappa shape index (κ1) is 19.4. The van der Waals surface area contributed by atoms with Gasteiger partial charge in [-0.1, -0.05) is 68.4 Å². The fourth-order valence-corrected chi connectivity index (χ4v) is 2.89. The van der Waals surface area contributed by atoms with Gasteiger partial charge in [-0.15, -0.1) is 0 Å². The van der Waals surface area contributed by atoms with Crippen LogP contribution in [0.3, 0.4) is 0 Å². The molecule has 0 atom stereocenters. The molecule has 3 aromatic carbocycles. The topological polar surface area (TPSA) is 67.4 Å². The zero-order valence-electron chi connectivity index (χ0n) is 16.1. The third kappa shape index (κ3) is 4.88. The molecule has 0 aromatic heterocycles. The minimum absolute atomic E-state index is 0.174.